The number of piperidine rings is 1. The van der Waals surface area contributed by atoms with Crippen molar-refractivity contribution in [3.8, 4) is 11.4 Å². The summed E-state index contributed by atoms with van der Waals surface area (Å²) in [6.07, 6.45) is 6.73. The van der Waals surface area contributed by atoms with E-state index in [0.29, 0.717) is 11.6 Å². The number of aromatic nitrogens is 7. The van der Waals surface area contributed by atoms with Gasteiger partial charge in [0.2, 0.25) is 0 Å². The Balaban J connectivity index is 1.15. The Bertz CT molecular complexity index is 1420. The number of pyridine rings is 1. The number of rotatable bonds is 3. The van der Waals surface area contributed by atoms with Crippen molar-refractivity contribution in [3.05, 3.63) is 36.3 Å². The monoisotopic (exact) mass is 500 g/mol. The van der Waals surface area contributed by atoms with Gasteiger partial charge >= 0.3 is 0 Å². The third kappa shape index (κ3) is 3.59. The van der Waals surface area contributed by atoms with Gasteiger partial charge < -0.3 is 20.3 Å². The molecule has 4 N–H and O–H groups in total. The number of hydrogen-bond acceptors (Lipinski definition) is 9. The minimum absolute atomic E-state index is 0.0820. The molecule has 4 aromatic rings. The van der Waals surface area contributed by atoms with Crippen LogP contribution in [-0.2, 0) is 4.74 Å². The zero-order valence-electron chi connectivity index (χ0n) is 21.2. The zero-order chi connectivity index (χ0) is 25.1. The molecular weight excluding hydrogens is 468 g/mol. The number of ether oxygens (including phenoxy) is 1. The molecule has 11 heteroatoms. The maximum Gasteiger partial charge on any atom is 0.183 e. The second kappa shape index (κ2) is 8.49. The lowest BCUT2D eigenvalue weighted by molar-refractivity contribution is 0.0974. The van der Waals surface area contributed by atoms with E-state index in [2.05, 4.69) is 50.1 Å². The van der Waals surface area contributed by atoms with Gasteiger partial charge in [-0.25, -0.2) is 15.0 Å². The molecule has 11 nitrogen and oxygen atoms in total. The van der Waals surface area contributed by atoms with Gasteiger partial charge in [0, 0.05) is 43.2 Å². The van der Waals surface area contributed by atoms with E-state index in [1.807, 2.05) is 18.3 Å². The van der Waals surface area contributed by atoms with Gasteiger partial charge in [0.15, 0.2) is 17.0 Å². The van der Waals surface area contributed by atoms with E-state index in [4.69, 9.17) is 25.4 Å². The molecule has 7 rings (SSSR count). The predicted molar refractivity (Wildman–Crippen MR) is 141 cm³/mol. The van der Waals surface area contributed by atoms with E-state index >= 15 is 0 Å². The van der Waals surface area contributed by atoms with Crippen LogP contribution in [0.5, 0.6) is 0 Å². The van der Waals surface area contributed by atoms with E-state index in [-0.39, 0.29) is 17.6 Å². The van der Waals surface area contributed by atoms with Gasteiger partial charge in [0.25, 0.3) is 0 Å². The molecule has 2 fully saturated rings. The lowest BCUT2D eigenvalue weighted by atomic mass is 9.73. The molecular formula is C26H32N10O. The van der Waals surface area contributed by atoms with E-state index < -0.39 is 0 Å². The first-order valence-electron chi connectivity index (χ1n) is 13.1. The van der Waals surface area contributed by atoms with Gasteiger partial charge in [0.1, 0.15) is 5.82 Å². The molecule has 7 heterocycles. The number of fused-ring (bicyclic) bond motifs is 2. The van der Waals surface area contributed by atoms with Gasteiger partial charge in [-0.1, -0.05) is 6.92 Å². The van der Waals surface area contributed by atoms with Crippen LogP contribution in [0.3, 0.4) is 0 Å². The van der Waals surface area contributed by atoms with Crippen molar-refractivity contribution in [2.75, 3.05) is 36.0 Å². The van der Waals surface area contributed by atoms with E-state index in [9.17, 15) is 0 Å². The normalized spacial score (nSPS) is 25.2. The van der Waals surface area contributed by atoms with Crippen molar-refractivity contribution in [2.45, 2.75) is 51.2 Å². The zero-order valence-corrected chi connectivity index (χ0v) is 21.2. The smallest absolute Gasteiger partial charge is 0.183 e. The van der Waals surface area contributed by atoms with Gasteiger partial charge in [-0.2, -0.15) is 10.2 Å². The van der Waals surface area contributed by atoms with Gasteiger partial charge in [0.05, 0.1) is 41.7 Å². The molecule has 3 aliphatic heterocycles. The molecule has 37 heavy (non-hydrogen) atoms. The van der Waals surface area contributed by atoms with Crippen molar-refractivity contribution in [2.24, 2.45) is 11.1 Å². The first-order chi connectivity index (χ1) is 18.0. The Morgan fingerprint density at radius 1 is 1.08 bits per heavy atom. The maximum absolute atomic E-state index is 6.50. The second-order valence-electron chi connectivity index (χ2n) is 10.8. The summed E-state index contributed by atoms with van der Waals surface area (Å²) in [4.78, 5) is 19.2. The lowest BCUT2D eigenvalue weighted by Gasteiger charge is -2.41. The molecule has 1 spiro atoms. The fourth-order valence-corrected chi connectivity index (χ4v) is 6.18. The Hall–Kier alpha value is -3.57. The van der Waals surface area contributed by atoms with E-state index in [0.717, 1.165) is 85.4 Å². The van der Waals surface area contributed by atoms with Gasteiger partial charge in [-0.3, -0.25) is 10.2 Å². The van der Waals surface area contributed by atoms with Gasteiger partial charge in [-0.05, 0) is 44.4 Å². The van der Waals surface area contributed by atoms with Crippen molar-refractivity contribution in [1.29, 1.82) is 0 Å². The van der Waals surface area contributed by atoms with Crippen molar-refractivity contribution in [3.63, 3.8) is 0 Å². The first-order valence-corrected chi connectivity index (χ1v) is 13.1. The highest BCUT2D eigenvalue weighted by Crippen LogP contribution is 2.43. The van der Waals surface area contributed by atoms with Crippen LogP contribution in [0.1, 0.15) is 44.7 Å². The summed E-state index contributed by atoms with van der Waals surface area (Å²) in [6, 6.07) is 6.19. The third-order valence-corrected chi connectivity index (χ3v) is 8.65. The summed E-state index contributed by atoms with van der Waals surface area (Å²) in [6.45, 7) is 7.70. The van der Waals surface area contributed by atoms with Crippen LogP contribution in [0.25, 0.3) is 22.6 Å². The largest absolute Gasteiger partial charge is 0.376 e. The molecule has 0 saturated carbocycles. The summed E-state index contributed by atoms with van der Waals surface area (Å²) >= 11 is 0. The quantitative estimate of drug-likeness (QED) is 0.387. The average Bonchev–Trinajstić information content (AvgIpc) is 3.67. The molecule has 0 unspecified atom stereocenters. The summed E-state index contributed by atoms with van der Waals surface area (Å²) in [7, 11) is 0. The van der Waals surface area contributed by atoms with Crippen LogP contribution >= 0.6 is 0 Å². The standard InChI is InChI=1S/C26H32N10O/c1-15-6-10-36(19-4-3-17(30-21(15)19)18-5-9-29-32-18)25-22-24(33-34-25)31-20(13-28-22)35-11-7-26(8-12-35)14-37-16(2)23(26)27/h3-5,9,13,15-16,23H,6-8,10-12,14,27H2,1-2H3,(H,29,32)(H,31,33,34)/t15-,16-,23+/m0/s1. The summed E-state index contributed by atoms with van der Waals surface area (Å²) in [5, 5.41) is 14.9. The molecule has 3 atom stereocenters. The first kappa shape index (κ1) is 22.6. The number of H-pyrrole nitrogens is 2. The van der Waals surface area contributed by atoms with Crippen LogP contribution in [0, 0.1) is 5.41 Å². The second-order valence-corrected chi connectivity index (χ2v) is 10.8. The summed E-state index contributed by atoms with van der Waals surface area (Å²) < 4.78 is 5.88. The van der Waals surface area contributed by atoms with E-state index in [1.165, 1.54) is 0 Å². The molecule has 2 saturated heterocycles. The third-order valence-electron chi connectivity index (χ3n) is 8.65. The Morgan fingerprint density at radius 3 is 2.70 bits per heavy atom. The number of anilines is 3. The number of nitrogens with zero attached hydrogens (tertiary/aromatic N) is 7. The minimum atomic E-state index is 0.0820. The molecule has 192 valence electrons. The molecule has 0 bridgehead atoms. The van der Waals surface area contributed by atoms with E-state index in [1.54, 1.807) is 6.20 Å². The molecule has 3 aliphatic rings. The molecule has 0 amide bonds. The van der Waals surface area contributed by atoms with Crippen molar-refractivity contribution in [1.82, 2.24) is 35.3 Å². The van der Waals surface area contributed by atoms with Crippen molar-refractivity contribution < 1.29 is 4.74 Å². The topological polar surface area (TPSA) is 138 Å². The van der Waals surface area contributed by atoms with Crippen LogP contribution in [0.4, 0.5) is 17.3 Å². The average molecular weight is 501 g/mol. The number of aromatic amines is 2. The van der Waals surface area contributed by atoms with Crippen LogP contribution in [-0.4, -0.2) is 73.7 Å². The highest BCUT2D eigenvalue weighted by atomic mass is 16.5. The highest BCUT2D eigenvalue weighted by Gasteiger charge is 2.47. The number of nitrogens with two attached hydrogens (primary N) is 1. The van der Waals surface area contributed by atoms with Crippen molar-refractivity contribution >= 4 is 28.5 Å². The Labute approximate surface area is 214 Å². The molecule has 0 radical (unpaired) electrons. The maximum atomic E-state index is 6.50. The van der Waals surface area contributed by atoms with Crippen LogP contribution < -0.4 is 15.5 Å². The highest BCUT2D eigenvalue weighted by molar-refractivity contribution is 5.88. The summed E-state index contributed by atoms with van der Waals surface area (Å²) in [5.74, 6) is 2.01. The SMILES string of the molecule is C[C@@H]1OCC2(CCN(c3cnc4c(N5CC[C@H](C)c6nc(-c7ccn[nH]7)ccc65)n[nH]c4n3)CC2)[C@@H]1N. The van der Waals surface area contributed by atoms with Gasteiger partial charge in [-0.15, -0.1) is 0 Å². The van der Waals surface area contributed by atoms with Crippen LogP contribution in [0.2, 0.25) is 0 Å². The summed E-state index contributed by atoms with van der Waals surface area (Å²) in [5.41, 5.74) is 12.0. The fourth-order valence-electron chi connectivity index (χ4n) is 6.18. The Kier molecular flexibility index (Phi) is 5.19. The molecule has 4 aromatic heterocycles. The Morgan fingerprint density at radius 2 is 1.95 bits per heavy atom. The molecule has 0 aromatic carbocycles. The van der Waals surface area contributed by atoms with Crippen LogP contribution in [0.15, 0.2) is 30.6 Å². The fraction of sp³-hybridized carbons (Fsp3) is 0.500. The number of nitrogens with one attached hydrogen (secondary N) is 2. The molecule has 0 aliphatic carbocycles. The minimum Gasteiger partial charge on any atom is -0.376 e. The lowest BCUT2D eigenvalue weighted by Crippen LogP contribution is -2.50. The number of hydrogen-bond donors (Lipinski definition) is 3. The predicted octanol–water partition coefficient (Wildman–Crippen LogP) is 3.12.